The van der Waals surface area contributed by atoms with Gasteiger partial charge in [0.1, 0.15) is 5.82 Å². The van der Waals surface area contributed by atoms with Crippen molar-refractivity contribution in [3.8, 4) is 0 Å². The van der Waals surface area contributed by atoms with E-state index in [4.69, 9.17) is 0 Å². The molecule has 2 aromatic rings. The van der Waals surface area contributed by atoms with Crippen molar-refractivity contribution in [2.75, 3.05) is 35.7 Å². The molecule has 0 saturated carbocycles. The Balaban J connectivity index is 2.08. The van der Waals surface area contributed by atoms with Crippen LogP contribution >= 0.6 is 0 Å². The third kappa shape index (κ3) is 3.93. The molecule has 1 unspecified atom stereocenters. The number of rotatable bonds is 8. The van der Waals surface area contributed by atoms with Crippen LogP contribution in [0, 0.1) is 0 Å². The highest BCUT2D eigenvalue weighted by atomic mass is 32.2. The van der Waals surface area contributed by atoms with E-state index in [1.54, 1.807) is 12.5 Å². The van der Waals surface area contributed by atoms with Crippen molar-refractivity contribution in [1.29, 1.82) is 0 Å². The Hall–Kier alpha value is -1.63. The Morgan fingerprint density at radius 1 is 1.35 bits per heavy atom. The van der Waals surface area contributed by atoms with Crippen molar-refractivity contribution in [3.05, 3.63) is 18.6 Å². The summed E-state index contributed by atoms with van der Waals surface area (Å²) in [6, 6.07) is 0. The number of hydrogen-bond acceptors (Lipinski definition) is 5. The SMILES string of the molecule is CCCNc1cn2ccnc2c(NCCCS(C)=O)n1. The Morgan fingerprint density at radius 2 is 2.20 bits per heavy atom. The van der Waals surface area contributed by atoms with Gasteiger partial charge in [0.15, 0.2) is 11.5 Å². The summed E-state index contributed by atoms with van der Waals surface area (Å²) in [5.41, 5.74) is 0.810. The molecule has 0 aliphatic heterocycles. The van der Waals surface area contributed by atoms with Gasteiger partial charge in [-0.1, -0.05) is 6.92 Å². The summed E-state index contributed by atoms with van der Waals surface area (Å²) in [6.45, 7) is 3.75. The molecule has 0 fully saturated rings. The van der Waals surface area contributed by atoms with E-state index in [1.165, 1.54) is 0 Å². The van der Waals surface area contributed by atoms with Crippen molar-refractivity contribution < 1.29 is 4.21 Å². The molecule has 0 amide bonds. The summed E-state index contributed by atoms with van der Waals surface area (Å²) < 4.78 is 13.0. The topological polar surface area (TPSA) is 71.3 Å². The first-order valence-corrected chi connectivity index (χ1v) is 8.55. The molecule has 2 aromatic heterocycles. The van der Waals surface area contributed by atoms with Crippen molar-refractivity contribution in [2.24, 2.45) is 0 Å². The van der Waals surface area contributed by atoms with Crippen LogP contribution in [-0.2, 0) is 10.8 Å². The van der Waals surface area contributed by atoms with Crippen molar-refractivity contribution in [1.82, 2.24) is 14.4 Å². The monoisotopic (exact) mass is 295 g/mol. The van der Waals surface area contributed by atoms with Gasteiger partial charge in [-0.25, -0.2) is 9.97 Å². The smallest absolute Gasteiger partial charge is 0.180 e. The van der Waals surface area contributed by atoms with Crippen LogP contribution < -0.4 is 10.6 Å². The van der Waals surface area contributed by atoms with Crippen LogP contribution in [0.2, 0.25) is 0 Å². The first-order valence-electron chi connectivity index (χ1n) is 6.82. The molecule has 2 N–H and O–H groups in total. The third-order valence-electron chi connectivity index (χ3n) is 2.83. The number of aromatic nitrogens is 3. The van der Waals surface area contributed by atoms with E-state index in [9.17, 15) is 4.21 Å². The van der Waals surface area contributed by atoms with Crippen LogP contribution in [0.3, 0.4) is 0 Å². The lowest BCUT2D eigenvalue weighted by molar-refractivity contribution is 0.685. The van der Waals surface area contributed by atoms with E-state index >= 15 is 0 Å². The molecule has 0 aliphatic rings. The molecule has 1 atom stereocenters. The van der Waals surface area contributed by atoms with Crippen molar-refractivity contribution in [3.63, 3.8) is 0 Å². The lowest BCUT2D eigenvalue weighted by Crippen LogP contribution is -2.11. The highest BCUT2D eigenvalue weighted by Crippen LogP contribution is 2.16. The van der Waals surface area contributed by atoms with Gasteiger partial charge in [0.25, 0.3) is 0 Å². The van der Waals surface area contributed by atoms with Gasteiger partial charge in [-0.05, 0) is 12.8 Å². The Morgan fingerprint density at radius 3 is 2.95 bits per heavy atom. The third-order valence-corrected chi connectivity index (χ3v) is 3.69. The van der Waals surface area contributed by atoms with Crippen molar-refractivity contribution in [2.45, 2.75) is 19.8 Å². The molecule has 0 bridgehead atoms. The molecule has 2 rings (SSSR count). The summed E-state index contributed by atoms with van der Waals surface area (Å²) in [4.78, 5) is 8.85. The van der Waals surface area contributed by atoms with E-state index in [1.807, 2.05) is 16.8 Å². The van der Waals surface area contributed by atoms with Gasteiger partial charge in [0.2, 0.25) is 0 Å². The summed E-state index contributed by atoms with van der Waals surface area (Å²) in [6.07, 6.45) is 9.22. The zero-order valence-electron chi connectivity index (χ0n) is 11.9. The first-order chi connectivity index (χ1) is 9.70. The molecule has 0 aliphatic carbocycles. The van der Waals surface area contributed by atoms with Gasteiger partial charge in [0.05, 0.1) is 6.20 Å². The van der Waals surface area contributed by atoms with E-state index in [2.05, 4.69) is 27.5 Å². The fourth-order valence-electron chi connectivity index (χ4n) is 1.87. The Kier molecular flexibility index (Phi) is 5.34. The normalized spacial score (nSPS) is 12.5. The van der Waals surface area contributed by atoms with Gasteiger partial charge in [-0.15, -0.1) is 0 Å². The zero-order chi connectivity index (χ0) is 14.4. The van der Waals surface area contributed by atoms with Gasteiger partial charge in [-0.2, -0.15) is 0 Å². The minimum Gasteiger partial charge on any atom is -0.369 e. The lowest BCUT2D eigenvalue weighted by Gasteiger charge is -2.10. The Labute approximate surface area is 121 Å². The van der Waals surface area contributed by atoms with Crippen LogP contribution in [0.25, 0.3) is 5.65 Å². The molecule has 20 heavy (non-hydrogen) atoms. The molecule has 7 heteroatoms. The molecule has 0 radical (unpaired) electrons. The molecule has 6 nitrogen and oxygen atoms in total. The predicted molar refractivity (Wildman–Crippen MR) is 83.8 cm³/mol. The second-order valence-corrected chi connectivity index (χ2v) is 6.17. The van der Waals surface area contributed by atoms with Crippen LogP contribution in [0.5, 0.6) is 0 Å². The molecular formula is C13H21N5OS. The quantitative estimate of drug-likeness (QED) is 0.726. The predicted octanol–water partition coefficient (Wildman–Crippen LogP) is 1.73. The second-order valence-electron chi connectivity index (χ2n) is 4.62. The fourth-order valence-corrected chi connectivity index (χ4v) is 2.42. The highest BCUT2D eigenvalue weighted by molar-refractivity contribution is 7.84. The number of nitrogens with one attached hydrogen (secondary N) is 2. The summed E-state index contributed by atoms with van der Waals surface area (Å²) in [5.74, 6) is 2.29. The molecule has 0 spiro atoms. The second kappa shape index (κ2) is 7.23. The largest absolute Gasteiger partial charge is 0.369 e. The summed E-state index contributed by atoms with van der Waals surface area (Å²) >= 11 is 0. The van der Waals surface area contributed by atoms with Crippen molar-refractivity contribution >= 4 is 28.1 Å². The average molecular weight is 295 g/mol. The van der Waals surface area contributed by atoms with Gasteiger partial charge in [0, 0.05) is 48.3 Å². The number of imidazole rings is 1. The standard InChI is InChI=1S/C13H21N5OS/c1-3-5-14-11-10-18-8-7-16-13(18)12(17-11)15-6-4-9-20(2)19/h7-8,10,14H,3-6,9H2,1-2H3,(H,15,17). The average Bonchev–Trinajstić information content (AvgIpc) is 2.89. The number of nitrogens with zero attached hydrogens (tertiary/aromatic N) is 3. The summed E-state index contributed by atoms with van der Waals surface area (Å²) in [7, 11) is -0.745. The first kappa shape index (κ1) is 14.8. The maximum absolute atomic E-state index is 11.0. The minimum absolute atomic E-state index is 0.700. The summed E-state index contributed by atoms with van der Waals surface area (Å²) in [5, 5.41) is 6.55. The molecular weight excluding hydrogens is 274 g/mol. The van der Waals surface area contributed by atoms with Gasteiger partial charge in [-0.3, -0.25) is 4.21 Å². The van der Waals surface area contributed by atoms with Crippen LogP contribution in [0.15, 0.2) is 18.6 Å². The Bertz CT molecular complexity index is 583. The molecule has 0 aromatic carbocycles. The fraction of sp³-hybridized carbons (Fsp3) is 0.538. The van der Waals surface area contributed by atoms with Crippen LogP contribution in [-0.4, -0.2) is 43.7 Å². The van der Waals surface area contributed by atoms with E-state index in [-0.39, 0.29) is 0 Å². The molecule has 0 saturated heterocycles. The van der Waals surface area contributed by atoms with Crippen LogP contribution in [0.1, 0.15) is 19.8 Å². The number of hydrogen-bond donors (Lipinski definition) is 2. The number of anilines is 2. The molecule has 2 heterocycles. The van der Waals surface area contributed by atoms with E-state index < -0.39 is 10.8 Å². The van der Waals surface area contributed by atoms with Crippen LogP contribution in [0.4, 0.5) is 11.6 Å². The van der Waals surface area contributed by atoms with Gasteiger partial charge >= 0.3 is 0 Å². The zero-order valence-corrected chi connectivity index (χ0v) is 12.7. The van der Waals surface area contributed by atoms with E-state index in [0.29, 0.717) is 5.75 Å². The maximum Gasteiger partial charge on any atom is 0.180 e. The lowest BCUT2D eigenvalue weighted by atomic mass is 10.4. The molecule has 110 valence electrons. The minimum atomic E-state index is -0.745. The highest BCUT2D eigenvalue weighted by Gasteiger charge is 2.06. The maximum atomic E-state index is 11.0. The van der Waals surface area contributed by atoms with Gasteiger partial charge < -0.3 is 15.0 Å². The van der Waals surface area contributed by atoms with E-state index in [0.717, 1.165) is 43.2 Å². The number of fused-ring (bicyclic) bond motifs is 1.